The van der Waals surface area contributed by atoms with E-state index in [0.29, 0.717) is 0 Å². The van der Waals surface area contributed by atoms with Gasteiger partial charge in [0.05, 0.1) is 5.52 Å². The maximum atomic E-state index is 4.13. The number of para-hydroxylation sites is 1. The molecule has 2 nitrogen and oxygen atoms in total. The maximum absolute atomic E-state index is 4.13. The van der Waals surface area contributed by atoms with Gasteiger partial charge in [0.1, 0.15) is 0 Å². The molecule has 2 heterocycles. The molecule has 3 heteroatoms. The van der Waals surface area contributed by atoms with Gasteiger partial charge in [0, 0.05) is 64.5 Å². The van der Waals surface area contributed by atoms with Gasteiger partial charge in [0.25, 0.3) is 0 Å². The van der Waals surface area contributed by atoms with Crippen molar-refractivity contribution in [2.24, 2.45) is 0 Å². The molecule has 0 fully saturated rings. The topological polar surface area (TPSA) is 19.0 Å². The molecule has 0 atom stereocenters. The SMILES string of the molecule is C=C/C(=C\C=C/C)c1cccc2c1[nH]c1cccc(-c3ccc4c(c3)sc3cc(N(C5=CC=C(c6ccccc6)CC5)c5ccc6c(c5)C(C)(C)c5ccccc5-6)ccc34)c12.CC. The molecule has 1 N–H and O–H groups in total. The standard InChI is InChI=1S/C58H46N2S.C2H6/c1-5-7-15-37(6-2)45-20-13-21-50-56-44(19-14-23-53(56)59-57(45)50)40-26-31-48-49-33-30-43(36-55(49)61-54(48)34-40)60(41-27-24-39(25-28-41)38-16-9-8-10-17-38)42-29-32-47-46-18-11-12-22-51(46)58(3,4)52(47)35-42;1-2/h5-24,26-27,29-36,59H,2,25,28H2,1,3-4H3;1-2H3/b7-5-,37-15+;. The number of H-pyrrole nitrogens is 1. The average molecular weight is 833 g/mol. The summed E-state index contributed by atoms with van der Waals surface area (Å²) < 4.78 is 2.58. The molecule has 0 radical (unpaired) electrons. The number of benzene rings is 7. The minimum Gasteiger partial charge on any atom is -0.354 e. The van der Waals surface area contributed by atoms with Crippen LogP contribution < -0.4 is 4.90 Å². The summed E-state index contributed by atoms with van der Waals surface area (Å²) in [6.07, 6.45) is 14.8. The quantitative estimate of drug-likeness (QED) is 0.151. The molecule has 2 aromatic heterocycles. The van der Waals surface area contributed by atoms with Crippen molar-refractivity contribution >= 4 is 75.8 Å². The molecular weight excluding hydrogens is 781 g/mol. The lowest BCUT2D eigenvalue weighted by atomic mass is 9.82. The number of aromatic nitrogens is 1. The van der Waals surface area contributed by atoms with Crippen LogP contribution in [0.5, 0.6) is 0 Å². The number of hydrogen-bond donors (Lipinski definition) is 1. The van der Waals surface area contributed by atoms with Gasteiger partial charge in [-0.3, -0.25) is 0 Å². The summed E-state index contributed by atoms with van der Waals surface area (Å²) >= 11 is 1.89. The van der Waals surface area contributed by atoms with Crippen LogP contribution in [-0.2, 0) is 5.41 Å². The fraction of sp³-hybridized carbons (Fsp3) is 0.133. The van der Waals surface area contributed by atoms with Crippen molar-refractivity contribution in [3.63, 3.8) is 0 Å². The summed E-state index contributed by atoms with van der Waals surface area (Å²) in [6.45, 7) is 14.9. The molecule has 0 saturated heterocycles. The second-order valence-corrected chi connectivity index (χ2v) is 18.0. The number of rotatable bonds is 8. The lowest BCUT2D eigenvalue weighted by Crippen LogP contribution is -2.20. The van der Waals surface area contributed by atoms with E-state index in [1.54, 1.807) is 0 Å². The molecule has 7 aromatic carbocycles. The Bertz CT molecular complexity index is 3360. The normalized spacial score (nSPS) is 14.4. The van der Waals surface area contributed by atoms with E-state index in [1.807, 2.05) is 38.2 Å². The Hall–Kier alpha value is -6.94. The van der Waals surface area contributed by atoms with Gasteiger partial charge in [-0.25, -0.2) is 0 Å². The number of nitrogens with zero attached hydrogens (tertiary/aromatic N) is 1. The number of nitrogens with one attached hydrogen (secondary N) is 1. The van der Waals surface area contributed by atoms with Gasteiger partial charge in [0.2, 0.25) is 0 Å². The van der Waals surface area contributed by atoms with Crippen LogP contribution in [0, 0.1) is 0 Å². The molecule has 0 saturated carbocycles. The number of anilines is 2. The van der Waals surface area contributed by atoms with Crippen molar-refractivity contribution in [3.05, 3.63) is 217 Å². The molecule has 9 aromatic rings. The fourth-order valence-corrected chi connectivity index (χ4v) is 11.2. The van der Waals surface area contributed by atoms with Crippen LogP contribution in [0.15, 0.2) is 194 Å². The molecule has 11 rings (SSSR count). The molecule has 0 aliphatic heterocycles. The lowest BCUT2D eigenvalue weighted by molar-refractivity contribution is 0.660. The smallest absolute Gasteiger partial charge is 0.0544 e. The number of fused-ring (bicyclic) bond motifs is 9. The number of aromatic amines is 1. The third-order valence-corrected chi connectivity index (χ3v) is 14.2. The maximum Gasteiger partial charge on any atom is 0.0544 e. The van der Waals surface area contributed by atoms with Gasteiger partial charge in [-0.2, -0.15) is 0 Å². The van der Waals surface area contributed by atoms with Crippen molar-refractivity contribution in [1.29, 1.82) is 0 Å². The van der Waals surface area contributed by atoms with Crippen LogP contribution in [0.4, 0.5) is 11.4 Å². The van der Waals surface area contributed by atoms with Gasteiger partial charge < -0.3 is 9.88 Å². The summed E-state index contributed by atoms with van der Waals surface area (Å²) in [5.41, 5.74) is 18.8. The molecule has 308 valence electrons. The van der Waals surface area contributed by atoms with Crippen LogP contribution in [0.3, 0.4) is 0 Å². The second-order valence-electron chi connectivity index (χ2n) is 16.9. The first-order chi connectivity index (χ1) is 30.9. The number of hydrogen-bond acceptors (Lipinski definition) is 2. The highest BCUT2D eigenvalue weighted by Crippen LogP contribution is 2.51. The molecule has 0 unspecified atom stereocenters. The van der Waals surface area contributed by atoms with E-state index in [-0.39, 0.29) is 5.41 Å². The summed E-state index contributed by atoms with van der Waals surface area (Å²) in [5.74, 6) is 0. The molecular formula is C60H52N2S. The van der Waals surface area contributed by atoms with Crippen LogP contribution in [0.1, 0.15) is 69.7 Å². The predicted octanol–water partition coefficient (Wildman–Crippen LogP) is 17.7. The summed E-state index contributed by atoms with van der Waals surface area (Å²) in [5, 5.41) is 5.06. The summed E-state index contributed by atoms with van der Waals surface area (Å²) in [6, 6.07) is 54.2. The largest absolute Gasteiger partial charge is 0.354 e. The molecule has 0 amide bonds. The van der Waals surface area contributed by atoms with Crippen LogP contribution in [-0.4, -0.2) is 4.98 Å². The third kappa shape index (κ3) is 6.79. The van der Waals surface area contributed by atoms with E-state index >= 15 is 0 Å². The minimum atomic E-state index is -0.0841. The Morgan fingerprint density at radius 1 is 0.651 bits per heavy atom. The highest BCUT2D eigenvalue weighted by Gasteiger charge is 2.36. The third-order valence-electron chi connectivity index (χ3n) is 13.1. The average Bonchev–Trinajstić information content (AvgIpc) is 3.98. The van der Waals surface area contributed by atoms with Crippen LogP contribution in [0.2, 0.25) is 0 Å². The second kappa shape index (κ2) is 16.4. The number of thiophene rings is 1. The van der Waals surface area contributed by atoms with E-state index in [2.05, 4.69) is 206 Å². The Balaban J connectivity index is 0.00000232. The van der Waals surface area contributed by atoms with E-state index in [1.165, 1.54) is 92.5 Å². The Morgan fingerprint density at radius 3 is 2.16 bits per heavy atom. The van der Waals surface area contributed by atoms with Gasteiger partial charge in [-0.05, 0) is 112 Å². The van der Waals surface area contributed by atoms with E-state index in [9.17, 15) is 0 Å². The monoisotopic (exact) mass is 832 g/mol. The highest BCUT2D eigenvalue weighted by molar-refractivity contribution is 7.25. The first kappa shape index (κ1) is 40.2. The first-order valence-corrected chi connectivity index (χ1v) is 23.2. The summed E-state index contributed by atoms with van der Waals surface area (Å²) in [7, 11) is 0. The Labute approximate surface area is 375 Å². The highest BCUT2D eigenvalue weighted by atomic mass is 32.1. The van der Waals surface area contributed by atoms with Crippen molar-refractivity contribution in [3.8, 4) is 22.3 Å². The van der Waals surface area contributed by atoms with Crippen molar-refractivity contribution in [2.75, 3.05) is 4.90 Å². The van der Waals surface area contributed by atoms with E-state index in [0.717, 1.165) is 35.0 Å². The van der Waals surface area contributed by atoms with Crippen LogP contribution >= 0.6 is 11.3 Å². The molecule has 63 heavy (non-hydrogen) atoms. The zero-order chi connectivity index (χ0) is 43.2. The summed E-state index contributed by atoms with van der Waals surface area (Å²) in [4.78, 5) is 6.29. The van der Waals surface area contributed by atoms with Crippen molar-refractivity contribution in [1.82, 2.24) is 4.98 Å². The molecule has 0 bridgehead atoms. The first-order valence-electron chi connectivity index (χ1n) is 22.4. The van der Waals surface area contributed by atoms with E-state index in [4.69, 9.17) is 0 Å². The van der Waals surface area contributed by atoms with Gasteiger partial charge in [0.15, 0.2) is 0 Å². The van der Waals surface area contributed by atoms with Gasteiger partial charge in [-0.1, -0.05) is 174 Å². The van der Waals surface area contributed by atoms with Crippen molar-refractivity contribution < 1.29 is 0 Å². The van der Waals surface area contributed by atoms with Crippen LogP contribution in [0.25, 0.3) is 75.4 Å². The number of allylic oxidation sites excluding steroid dienone is 9. The van der Waals surface area contributed by atoms with Gasteiger partial charge >= 0.3 is 0 Å². The molecule has 2 aliphatic rings. The Kier molecular flexibility index (Phi) is 10.5. The molecule has 2 aliphatic carbocycles. The lowest BCUT2D eigenvalue weighted by Gasteiger charge is -2.31. The zero-order valence-electron chi connectivity index (χ0n) is 36.8. The Morgan fingerprint density at radius 2 is 1.37 bits per heavy atom. The zero-order valence-corrected chi connectivity index (χ0v) is 37.6. The van der Waals surface area contributed by atoms with Crippen molar-refractivity contribution in [2.45, 2.75) is 52.9 Å². The minimum absolute atomic E-state index is 0.0841. The molecule has 0 spiro atoms. The van der Waals surface area contributed by atoms with E-state index < -0.39 is 0 Å². The fourth-order valence-electron chi connectivity index (χ4n) is 10.0. The predicted molar refractivity (Wildman–Crippen MR) is 276 cm³/mol. The van der Waals surface area contributed by atoms with Gasteiger partial charge in [-0.15, -0.1) is 11.3 Å².